The Morgan fingerprint density at radius 1 is 1.62 bits per heavy atom. The van der Waals surface area contributed by atoms with E-state index in [-0.39, 0.29) is 6.61 Å². The van der Waals surface area contributed by atoms with Gasteiger partial charge in [-0.15, -0.1) is 11.8 Å². The van der Waals surface area contributed by atoms with Crippen LogP contribution in [0.3, 0.4) is 0 Å². The lowest BCUT2D eigenvalue weighted by Gasteiger charge is -2.13. The first-order valence-corrected chi connectivity index (χ1v) is 7.00. The second-order valence-corrected chi connectivity index (χ2v) is 4.96. The van der Waals surface area contributed by atoms with Crippen LogP contribution in [-0.4, -0.2) is 46.9 Å². The number of thioether (sulfide) groups is 2. The number of hydrogen-bond acceptors (Lipinski definition) is 5. The Hall–Kier alpha value is -0.820. The summed E-state index contributed by atoms with van der Waals surface area (Å²) in [6.07, 6.45) is 2.60. The Bertz CT molecular complexity index is 248. The van der Waals surface area contributed by atoms with Crippen LogP contribution in [0.25, 0.3) is 0 Å². The van der Waals surface area contributed by atoms with Crippen molar-refractivity contribution in [2.45, 2.75) is 6.04 Å². The lowest BCUT2D eigenvalue weighted by atomic mass is 10.3. The number of aliphatic carboxylic acids is 1. The third-order valence-electron chi connectivity index (χ3n) is 1.41. The molecule has 0 aromatic heterocycles. The van der Waals surface area contributed by atoms with E-state index in [1.54, 1.807) is 11.8 Å². The molecule has 16 heavy (non-hydrogen) atoms. The first-order valence-electron chi connectivity index (χ1n) is 4.45. The first-order chi connectivity index (χ1) is 7.61. The van der Waals surface area contributed by atoms with Gasteiger partial charge < -0.3 is 15.2 Å². The van der Waals surface area contributed by atoms with Gasteiger partial charge in [0.2, 0.25) is 0 Å². The number of amides is 1. The molecule has 7 heteroatoms. The van der Waals surface area contributed by atoms with Gasteiger partial charge in [0.25, 0.3) is 0 Å². The molecule has 0 bridgehead atoms. The Kier molecular flexibility index (Phi) is 8.93. The predicted molar refractivity (Wildman–Crippen MR) is 66.9 cm³/mol. The number of carbonyl (C=O) groups excluding carboxylic acids is 1. The highest BCUT2D eigenvalue weighted by Crippen LogP contribution is 2.10. The average Bonchev–Trinajstić information content (AvgIpc) is 2.25. The summed E-state index contributed by atoms with van der Waals surface area (Å²) in [6, 6.07) is -0.922. The molecule has 1 amide bonds. The van der Waals surface area contributed by atoms with Crippen LogP contribution in [0.1, 0.15) is 0 Å². The Balaban J connectivity index is 3.96. The van der Waals surface area contributed by atoms with Crippen molar-refractivity contribution in [2.75, 3.05) is 23.7 Å². The Labute approximate surface area is 103 Å². The lowest BCUT2D eigenvalue weighted by molar-refractivity contribution is -0.138. The van der Waals surface area contributed by atoms with E-state index in [1.165, 1.54) is 17.8 Å². The van der Waals surface area contributed by atoms with E-state index < -0.39 is 18.1 Å². The van der Waals surface area contributed by atoms with Crippen molar-refractivity contribution >= 4 is 35.6 Å². The molecule has 92 valence electrons. The number of ether oxygens (including phenoxy) is 1. The quantitative estimate of drug-likeness (QED) is 0.392. The van der Waals surface area contributed by atoms with Gasteiger partial charge in [-0.1, -0.05) is 12.7 Å². The van der Waals surface area contributed by atoms with Gasteiger partial charge in [-0.05, 0) is 6.26 Å². The number of alkyl carbamates (subject to hydrolysis) is 1. The van der Waals surface area contributed by atoms with Crippen LogP contribution in [0.5, 0.6) is 0 Å². The Morgan fingerprint density at radius 2 is 2.31 bits per heavy atom. The molecule has 2 N–H and O–H groups in total. The average molecular weight is 265 g/mol. The molecular formula is C9H15NO4S2. The van der Waals surface area contributed by atoms with E-state index in [1.807, 2.05) is 6.26 Å². The Morgan fingerprint density at radius 3 is 2.81 bits per heavy atom. The molecule has 0 saturated heterocycles. The smallest absolute Gasteiger partial charge is 0.408 e. The zero-order valence-corrected chi connectivity index (χ0v) is 10.6. The molecule has 0 rings (SSSR count). The van der Waals surface area contributed by atoms with Crippen molar-refractivity contribution < 1.29 is 19.4 Å². The van der Waals surface area contributed by atoms with Gasteiger partial charge in [0.15, 0.2) is 0 Å². The van der Waals surface area contributed by atoms with Gasteiger partial charge in [0, 0.05) is 10.8 Å². The molecule has 0 aliphatic carbocycles. The minimum atomic E-state index is -1.07. The molecule has 0 heterocycles. The molecule has 0 radical (unpaired) electrons. The molecule has 5 nitrogen and oxygen atoms in total. The second-order valence-electron chi connectivity index (χ2n) is 2.70. The fraction of sp³-hybridized carbons (Fsp3) is 0.556. The number of carbonyl (C=O) groups is 2. The second kappa shape index (κ2) is 9.41. The molecule has 0 aliphatic heterocycles. The van der Waals surface area contributed by atoms with Crippen molar-refractivity contribution in [1.29, 1.82) is 0 Å². The molecule has 0 fully saturated rings. The SMILES string of the molecule is C=CCOC(=O)N[C@@H](CSCSC)C(=O)O. The minimum absolute atomic E-state index is 0.0656. The van der Waals surface area contributed by atoms with Crippen molar-refractivity contribution in [1.82, 2.24) is 5.32 Å². The maximum absolute atomic E-state index is 11.1. The van der Waals surface area contributed by atoms with E-state index in [0.717, 1.165) is 5.08 Å². The highest BCUT2D eigenvalue weighted by Gasteiger charge is 2.20. The molecule has 0 aromatic rings. The third kappa shape index (κ3) is 7.47. The van der Waals surface area contributed by atoms with Crippen molar-refractivity contribution in [3.05, 3.63) is 12.7 Å². The fourth-order valence-electron chi connectivity index (χ4n) is 0.743. The first kappa shape index (κ1) is 15.2. The van der Waals surface area contributed by atoms with E-state index >= 15 is 0 Å². The minimum Gasteiger partial charge on any atom is -0.480 e. The maximum Gasteiger partial charge on any atom is 0.408 e. The fourth-order valence-corrected chi connectivity index (χ4v) is 2.26. The summed E-state index contributed by atoms with van der Waals surface area (Å²) in [5.74, 6) is -0.747. The lowest BCUT2D eigenvalue weighted by Crippen LogP contribution is -2.42. The summed E-state index contributed by atoms with van der Waals surface area (Å²) in [7, 11) is 0. The van der Waals surface area contributed by atoms with Crippen molar-refractivity contribution in [3.8, 4) is 0 Å². The van der Waals surface area contributed by atoms with E-state index in [0.29, 0.717) is 5.75 Å². The van der Waals surface area contributed by atoms with Gasteiger partial charge in [-0.25, -0.2) is 9.59 Å². The largest absolute Gasteiger partial charge is 0.480 e. The number of nitrogens with one attached hydrogen (secondary N) is 1. The topological polar surface area (TPSA) is 75.6 Å². The number of carboxylic acids is 1. The molecule has 0 spiro atoms. The van der Waals surface area contributed by atoms with Crippen LogP contribution in [0.4, 0.5) is 4.79 Å². The van der Waals surface area contributed by atoms with Gasteiger partial charge in [0.1, 0.15) is 12.6 Å². The summed E-state index contributed by atoms with van der Waals surface area (Å²) in [5.41, 5.74) is 0. The van der Waals surface area contributed by atoms with Crippen LogP contribution < -0.4 is 5.32 Å². The zero-order valence-electron chi connectivity index (χ0n) is 8.97. The standard InChI is InChI=1S/C9H15NO4S2/c1-3-4-14-9(13)10-7(8(11)12)5-16-6-15-2/h3,7H,1,4-6H2,2H3,(H,10,13)(H,11,12)/t7-/m0/s1. The predicted octanol–water partition coefficient (Wildman–Crippen LogP) is 1.41. The number of carboxylic acid groups (broad SMARTS) is 1. The van der Waals surface area contributed by atoms with E-state index in [4.69, 9.17) is 5.11 Å². The summed E-state index contributed by atoms with van der Waals surface area (Å²) >= 11 is 3.05. The summed E-state index contributed by atoms with van der Waals surface area (Å²) in [4.78, 5) is 21.9. The molecule has 0 aliphatic rings. The normalized spacial score (nSPS) is 11.6. The van der Waals surface area contributed by atoms with Gasteiger partial charge >= 0.3 is 12.1 Å². The van der Waals surface area contributed by atoms with Crippen LogP contribution in [0, 0.1) is 0 Å². The number of hydrogen-bond donors (Lipinski definition) is 2. The highest BCUT2D eigenvalue weighted by atomic mass is 32.2. The maximum atomic E-state index is 11.1. The van der Waals surface area contributed by atoms with Gasteiger partial charge in [-0.2, -0.15) is 11.8 Å². The van der Waals surface area contributed by atoms with E-state index in [9.17, 15) is 9.59 Å². The molecule has 0 saturated carbocycles. The molecule has 0 unspecified atom stereocenters. The van der Waals surface area contributed by atoms with Crippen molar-refractivity contribution in [2.24, 2.45) is 0 Å². The van der Waals surface area contributed by atoms with Gasteiger partial charge in [-0.3, -0.25) is 0 Å². The summed E-state index contributed by atoms with van der Waals surface area (Å²) in [5, 5.41) is 11.9. The summed E-state index contributed by atoms with van der Waals surface area (Å²) < 4.78 is 4.63. The monoisotopic (exact) mass is 265 g/mol. The third-order valence-corrected chi connectivity index (χ3v) is 3.59. The molecular weight excluding hydrogens is 250 g/mol. The van der Waals surface area contributed by atoms with Crippen LogP contribution >= 0.6 is 23.5 Å². The highest BCUT2D eigenvalue weighted by molar-refractivity contribution is 8.15. The van der Waals surface area contributed by atoms with Crippen LogP contribution in [0.2, 0.25) is 0 Å². The van der Waals surface area contributed by atoms with Crippen LogP contribution in [0.15, 0.2) is 12.7 Å². The van der Waals surface area contributed by atoms with Gasteiger partial charge in [0.05, 0.1) is 0 Å². The van der Waals surface area contributed by atoms with E-state index in [2.05, 4.69) is 16.6 Å². The number of rotatable bonds is 8. The van der Waals surface area contributed by atoms with Crippen LogP contribution in [-0.2, 0) is 9.53 Å². The van der Waals surface area contributed by atoms with Crippen molar-refractivity contribution in [3.63, 3.8) is 0 Å². The summed E-state index contributed by atoms with van der Waals surface area (Å²) in [6.45, 7) is 3.44. The molecule has 1 atom stereocenters. The molecule has 0 aromatic carbocycles. The zero-order chi connectivity index (χ0) is 12.4.